The van der Waals surface area contributed by atoms with Crippen molar-refractivity contribution in [3.8, 4) is 57.1 Å². The summed E-state index contributed by atoms with van der Waals surface area (Å²) in [5.41, 5.74) is 15.6. The molecule has 0 radical (unpaired) electrons. The van der Waals surface area contributed by atoms with Gasteiger partial charge in [-0.1, -0.05) is 170 Å². The van der Waals surface area contributed by atoms with Crippen molar-refractivity contribution in [2.75, 3.05) is 0 Å². The standard InChI is InChI=1S/C68H40N6/c69-41-55-65(43-19-3-1-4-20-43)68(74-62-34-18-12-28-52(62)54-40-46(36-38-64(54)74)72-59-31-15-9-25-49(59)50-26-10-16-32-60(50)72)66(44-21-5-2-6-22-44)56(42-70)67(55)73-61-33-17-11-27-51(61)53-39-45(35-37-63(53)73)71-57-29-13-7-23-47(57)48-24-8-14-30-58(48)71/h1-40H. The molecular formula is C68H40N6. The minimum absolute atomic E-state index is 0.407. The maximum atomic E-state index is 12.0. The molecule has 15 rings (SSSR count). The first-order chi connectivity index (χ1) is 36.7. The quantitative estimate of drug-likeness (QED) is 0.167. The van der Waals surface area contributed by atoms with Gasteiger partial charge >= 0.3 is 0 Å². The molecular weight excluding hydrogens is 901 g/mol. The van der Waals surface area contributed by atoms with Crippen molar-refractivity contribution >= 4 is 87.2 Å². The topological polar surface area (TPSA) is 67.3 Å². The molecule has 74 heavy (non-hydrogen) atoms. The lowest BCUT2D eigenvalue weighted by molar-refractivity contribution is 1.12. The summed E-state index contributed by atoms with van der Waals surface area (Å²) in [6.45, 7) is 0. The molecule has 0 spiro atoms. The van der Waals surface area contributed by atoms with Crippen LogP contribution in [0.4, 0.5) is 0 Å². The normalized spacial score (nSPS) is 11.8. The van der Waals surface area contributed by atoms with E-state index in [9.17, 15) is 10.5 Å². The molecule has 6 nitrogen and oxygen atoms in total. The minimum atomic E-state index is 0.407. The number of benzene rings is 11. The average molecular weight is 941 g/mol. The van der Waals surface area contributed by atoms with Gasteiger partial charge < -0.3 is 18.3 Å². The number of aromatic nitrogens is 4. The van der Waals surface area contributed by atoms with Crippen LogP contribution in [0.25, 0.3) is 132 Å². The average Bonchev–Trinajstić information content (AvgIpc) is 4.19. The van der Waals surface area contributed by atoms with Crippen LogP contribution in [-0.4, -0.2) is 18.3 Å². The van der Waals surface area contributed by atoms with Crippen LogP contribution < -0.4 is 0 Å². The van der Waals surface area contributed by atoms with E-state index in [1.54, 1.807) is 0 Å². The van der Waals surface area contributed by atoms with Crippen molar-refractivity contribution in [1.82, 2.24) is 18.3 Å². The Bertz CT molecular complexity index is 4730. The first-order valence-corrected chi connectivity index (χ1v) is 24.9. The van der Waals surface area contributed by atoms with Gasteiger partial charge in [0.1, 0.15) is 12.1 Å². The fourth-order valence-corrected chi connectivity index (χ4v) is 12.2. The van der Waals surface area contributed by atoms with Crippen LogP contribution in [0.1, 0.15) is 11.1 Å². The van der Waals surface area contributed by atoms with E-state index in [2.05, 4.69) is 231 Å². The Morgan fingerprint density at radius 3 is 0.851 bits per heavy atom. The number of para-hydroxylation sites is 6. The zero-order valence-electron chi connectivity index (χ0n) is 39.8. The Balaban J connectivity index is 1.07. The summed E-state index contributed by atoms with van der Waals surface area (Å²) in [5, 5.41) is 33.0. The van der Waals surface area contributed by atoms with Gasteiger partial charge in [-0.15, -0.1) is 0 Å². The molecule has 0 atom stereocenters. The summed E-state index contributed by atoms with van der Waals surface area (Å²) in [6.07, 6.45) is 0. The summed E-state index contributed by atoms with van der Waals surface area (Å²) < 4.78 is 9.17. The summed E-state index contributed by atoms with van der Waals surface area (Å²) in [4.78, 5) is 0. The zero-order chi connectivity index (χ0) is 49.0. The van der Waals surface area contributed by atoms with Crippen molar-refractivity contribution in [3.63, 3.8) is 0 Å². The molecule has 0 fully saturated rings. The Morgan fingerprint density at radius 2 is 0.514 bits per heavy atom. The van der Waals surface area contributed by atoms with Crippen LogP contribution in [-0.2, 0) is 0 Å². The molecule has 0 saturated heterocycles. The Hall–Kier alpha value is -10.4. The summed E-state index contributed by atoms with van der Waals surface area (Å²) in [5.74, 6) is 0. The third kappa shape index (κ3) is 5.79. The fraction of sp³-hybridized carbons (Fsp3) is 0. The highest BCUT2D eigenvalue weighted by atomic mass is 15.0. The lowest BCUT2D eigenvalue weighted by Crippen LogP contribution is -2.11. The number of rotatable bonds is 6. The molecule has 4 aromatic heterocycles. The maximum absolute atomic E-state index is 12.0. The molecule has 4 heterocycles. The highest BCUT2D eigenvalue weighted by molar-refractivity contribution is 6.16. The van der Waals surface area contributed by atoms with Gasteiger partial charge in [-0.3, -0.25) is 0 Å². The Kier molecular flexibility index (Phi) is 8.99. The van der Waals surface area contributed by atoms with E-state index in [4.69, 9.17) is 0 Å². The van der Waals surface area contributed by atoms with E-state index in [-0.39, 0.29) is 0 Å². The third-order valence-corrected chi connectivity index (χ3v) is 15.2. The molecule has 0 bridgehead atoms. The van der Waals surface area contributed by atoms with E-state index in [1.807, 2.05) is 42.5 Å². The number of fused-ring (bicyclic) bond motifs is 12. The Labute approximate surface area is 424 Å². The van der Waals surface area contributed by atoms with Gasteiger partial charge in [0.2, 0.25) is 0 Å². The lowest BCUT2D eigenvalue weighted by atomic mass is 9.86. The van der Waals surface area contributed by atoms with Gasteiger partial charge in [0.15, 0.2) is 0 Å². The predicted octanol–water partition coefficient (Wildman–Crippen LogP) is 17.2. The fourth-order valence-electron chi connectivity index (χ4n) is 12.2. The molecule has 6 heteroatoms. The molecule has 0 saturated carbocycles. The van der Waals surface area contributed by atoms with Crippen LogP contribution in [0.3, 0.4) is 0 Å². The number of hydrogen-bond acceptors (Lipinski definition) is 2. The van der Waals surface area contributed by atoms with Gasteiger partial charge in [-0.05, 0) is 83.9 Å². The molecule has 0 N–H and O–H groups in total. The van der Waals surface area contributed by atoms with Crippen molar-refractivity contribution in [2.24, 2.45) is 0 Å². The SMILES string of the molecule is N#Cc1c(-c2ccccc2)c(-n2c3ccccc3c3cc(-n4c5ccccc5c5ccccc54)ccc32)c(-c2ccccc2)c(C#N)c1-n1c2ccccc2c2cc(-n3c4ccccc4c4ccccc43)ccc21. The number of nitrogens with zero attached hydrogens (tertiary/aromatic N) is 6. The highest BCUT2D eigenvalue weighted by Gasteiger charge is 2.32. The second-order valence-corrected chi connectivity index (χ2v) is 19.0. The minimum Gasteiger partial charge on any atom is -0.309 e. The maximum Gasteiger partial charge on any atom is 0.102 e. The second-order valence-electron chi connectivity index (χ2n) is 19.0. The van der Waals surface area contributed by atoms with E-state index < -0.39 is 0 Å². The van der Waals surface area contributed by atoms with E-state index in [1.165, 1.54) is 21.5 Å². The predicted molar refractivity (Wildman–Crippen MR) is 304 cm³/mol. The molecule has 15 aromatic rings. The van der Waals surface area contributed by atoms with E-state index in [0.717, 1.165) is 105 Å². The van der Waals surface area contributed by atoms with Crippen LogP contribution in [0.5, 0.6) is 0 Å². The first-order valence-electron chi connectivity index (χ1n) is 24.9. The molecule has 0 aliphatic heterocycles. The van der Waals surface area contributed by atoms with Crippen molar-refractivity contribution in [3.05, 3.63) is 254 Å². The van der Waals surface area contributed by atoms with Gasteiger partial charge in [0.25, 0.3) is 0 Å². The smallest absolute Gasteiger partial charge is 0.102 e. The second kappa shape index (κ2) is 16.1. The summed E-state index contributed by atoms with van der Waals surface area (Å²) in [6, 6.07) is 90.5. The van der Waals surface area contributed by atoms with Crippen molar-refractivity contribution < 1.29 is 0 Å². The van der Waals surface area contributed by atoms with Gasteiger partial charge in [0.05, 0.1) is 66.6 Å². The monoisotopic (exact) mass is 940 g/mol. The third-order valence-electron chi connectivity index (χ3n) is 15.2. The summed E-state index contributed by atoms with van der Waals surface area (Å²) >= 11 is 0. The van der Waals surface area contributed by atoms with Crippen LogP contribution in [0, 0.1) is 22.7 Å². The van der Waals surface area contributed by atoms with Gasteiger partial charge in [0, 0.05) is 65.6 Å². The molecule has 342 valence electrons. The first kappa shape index (κ1) is 41.4. The molecule has 0 aliphatic carbocycles. The number of nitriles is 2. The highest BCUT2D eigenvalue weighted by Crippen LogP contribution is 2.49. The molecule has 11 aromatic carbocycles. The van der Waals surface area contributed by atoms with Crippen LogP contribution in [0.2, 0.25) is 0 Å². The molecule has 0 unspecified atom stereocenters. The Morgan fingerprint density at radius 1 is 0.243 bits per heavy atom. The van der Waals surface area contributed by atoms with Crippen LogP contribution >= 0.6 is 0 Å². The molecule has 0 amide bonds. The number of hydrogen-bond donors (Lipinski definition) is 0. The van der Waals surface area contributed by atoms with Gasteiger partial charge in [-0.25, -0.2) is 0 Å². The van der Waals surface area contributed by atoms with Crippen molar-refractivity contribution in [2.45, 2.75) is 0 Å². The molecule has 0 aliphatic rings. The van der Waals surface area contributed by atoms with Crippen molar-refractivity contribution in [1.29, 1.82) is 10.5 Å². The van der Waals surface area contributed by atoms with E-state index in [0.29, 0.717) is 16.8 Å². The van der Waals surface area contributed by atoms with Crippen LogP contribution in [0.15, 0.2) is 243 Å². The lowest BCUT2D eigenvalue weighted by Gasteiger charge is -2.25. The van der Waals surface area contributed by atoms with Gasteiger partial charge in [-0.2, -0.15) is 10.5 Å². The van der Waals surface area contributed by atoms with E-state index >= 15 is 0 Å². The zero-order valence-corrected chi connectivity index (χ0v) is 39.8. The summed E-state index contributed by atoms with van der Waals surface area (Å²) in [7, 11) is 0. The largest absolute Gasteiger partial charge is 0.309 e.